The molecule has 0 unspecified atom stereocenters. The lowest BCUT2D eigenvalue weighted by atomic mass is 10.1. The van der Waals surface area contributed by atoms with Crippen LogP contribution in [-0.2, 0) is 20.0 Å². The largest absolute Gasteiger partial charge is 0.573 e. The molecule has 25 heavy (non-hydrogen) atoms. The first kappa shape index (κ1) is 19.9. The zero-order chi connectivity index (χ0) is 18.9. The summed E-state index contributed by atoms with van der Waals surface area (Å²) in [5.41, 5.74) is 0. The van der Waals surface area contributed by atoms with E-state index >= 15 is 0 Å². The van der Waals surface area contributed by atoms with Crippen LogP contribution in [0.2, 0.25) is 0 Å². The number of nitrogens with zero attached hydrogens (tertiary/aromatic N) is 1. The third-order valence-corrected chi connectivity index (χ3v) is 6.12. The molecular weight excluding hydrogens is 385 g/mol. The minimum Gasteiger partial charge on any atom is -0.404 e. The molecule has 0 aromatic heterocycles. The molecule has 0 saturated carbocycles. The Morgan fingerprint density at radius 3 is 2.44 bits per heavy atom. The molecule has 1 aliphatic heterocycles. The van der Waals surface area contributed by atoms with Gasteiger partial charge in [-0.05, 0) is 25.0 Å². The zero-order valence-electron chi connectivity index (χ0n) is 13.2. The number of nitrogens with one attached hydrogen (secondary N) is 1. The average molecular weight is 402 g/mol. The van der Waals surface area contributed by atoms with Crippen molar-refractivity contribution in [3.05, 3.63) is 24.3 Å². The van der Waals surface area contributed by atoms with E-state index in [0.29, 0.717) is 12.8 Å². The monoisotopic (exact) mass is 402 g/mol. The molecule has 2 rings (SSSR count). The molecule has 1 atom stereocenters. The van der Waals surface area contributed by atoms with E-state index in [4.69, 9.17) is 0 Å². The minimum atomic E-state index is -5.03. The summed E-state index contributed by atoms with van der Waals surface area (Å²) in [7, 11) is -7.81. The lowest BCUT2D eigenvalue weighted by Crippen LogP contribution is -2.49. The molecule has 0 spiro atoms. The fourth-order valence-electron chi connectivity index (χ4n) is 2.57. The van der Waals surface area contributed by atoms with Crippen LogP contribution in [0.5, 0.6) is 5.75 Å². The molecule has 0 radical (unpaired) electrons. The lowest BCUT2D eigenvalue weighted by Gasteiger charge is -2.32. The maximum Gasteiger partial charge on any atom is 0.573 e. The maximum atomic E-state index is 12.7. The van der Waals surface area contributed by atoms with Crippen LogP contribution in [0.1, 0.15) is 12.8 Å². The number of sulfonamides is 2. The van der Waals surface area contributed by atoms with Crippen molar-refractivity contribution >= 4 is 20.0 Å². The van der Waals surface area contributed by atoms with Crippen molar-refractivity contribution in [2.45, 2.75) is 30.1 Å². The second kappa shape index (κ2) is 7.09. The summed E-state index contributed by atoms with van der Waals surface area (Å²) < 4.78 is 92.6. The van der Waals surface area contributed by atoms with Gasteiger partial charge in [-0.1, -0.05) is 12.1 Å². The minimum absolute atomic E-state index is 0.0740. The number of halogens is 3. The number of rotatable bonds is 5. The molecule has 1 heterocycles. The van der Waals surface area contributed by atoms with E-state index in [1.807, 2.05) is 0 Å². The molecule has 1 aromatic rings. The smallest absolute Gasteiger partial charge is 0.404 e. The highest BCUT2D eigenvalue weighted by atomic mass is 32.2. The predicted octanol–water partition coefficient (Wildman–Crippen LogP) is 1.29. The fourth-order valence-corrected chi connectivity index (χ4v) is 5.01. The Morgan fingerprint density at radius 2 is 1.84 bits per heavy atom. The Kier molecular flexibility index (Phi) is 5.66. The van der Waals surface area contributed by atoms with E-state index in [-0.39, 0.29) is 13.1 Å². The molecule has 0 amide bonds. The van der Waals surface area contributed by atoms with E-state index in [1.165, 1.54) is 12.1 Å². The predicted molar refractivity (Wildman–Crippen MR) is 82.9 cm³/mol. The number of benzene rings is 1. The molecule has 1 N–H and O–H groups in total. The van der Waals surface area contributed by atoms with Crippen molar-refractivity contribution in [3.8, 4) is 5.75 Å². The first-order chi connectivity index (χ1) is 11.4. The van der Waals surface area contributed by atoms with Crippen LogP contribution >= 0.6 is 0 Å². The third-order valence-electron chi connectivity index (χ3n) is 3.46. The van der Waals surface area contributed by atoms with Gasteiger partial charge in [0.25, 0.3) is 0 Å². The van der Waals surface area contributed by atoms with Crippen LogP contribution in [0.3, 0.4) is 0 Å². The number of hydrogen-bond acceptors (Lipinski definition) is 5. The molecule has 1 saturated heterocycles. The SMILES string of the molecule is CS(=O)(=O)N[C@@H]1CCCN(S(=O)(=O)c2ccccc2OC(F)(F)F)C1. The van der Waals surface area contributed by atoms with E-state index in [1.54, 1.807) is 0 Å². The molecule has 1 aromatic carbocycles. The summed E-state index contributed by atoms with van der Waals surface area (Å²) in [5.74, 6) is -0.826. The number of hydrogen-bond donors (Lipinski definition) is 1. The normalized spacial score (nSPS) is 20.4. The number of ether oxygens (including phenoxy) is 1. The maximum absolute atomic E-state index is 12.7. The van der Waals surface area contributed by atoms with Crippen molar-refractivity contribution in [1.82, 2.24) is 9.03 Å². The van der Waals surface area contributed by atoms with Gasteiger partial charge in [-0.15, -0.1) is 13.2 Å². The van der Waals surface area contributed by atoms with E-state index in [0.717, 1.165) is 22.7 Å². The van der Waals surface area contributed by atoms with Crippen molar-refractivity contribution in [2.24, 2.45) is 0 Å². The average Bonchev–Trinajstić information content (AvgIpc) is 2.44. The molecule has 7 nitrogen and oxygen atoms in total. The molecule has 0 aliphatic carbocycles. The molecule has 0 bridgehead atoms. The molecule has 12 heteroatoms. The van der Waals surface area contributed by atoms with Gasteiger partial charge in [0.15, 0.2) is 0 Å². The summed E-state index contributed by atoms with van der Waals surface area (Å²) in [4.78, 5) is -0.618. The molecular formula is C13H17F3N2O5S2. The van der Waals surface area contributed by atoms with Gasteiger partial charge in [-0.2, -0.15) is 4.31 Å². The molecule has 1 fully saturated rings. The third kappa shape index (κ3) is 5.56. The van der Waals surface area contributed by atoms with Crippen LogP contribution in [0, 0.1) is 0 Å². The van der Waals surface area contributed by atoms with Gasteiger partial charge in [0.2, 0.25) is 20.0 Å². The highest BCUT2D eigenvalue weighted by Crippen LogP contribution is 2.32. The first-order valence-corrected chi connectivity index (χ1v) is 10.5. The summed E-state index contributed by atoms with van der Waals surface area (Å²) in [6.07, 6.45) is -3.28. The first-order valence-electron chi connectivity index (χ1n) is 7.21. The van der Waals surface area contributed by atoms with Gasteiger partial charge in [-0.3, -0.25) is 0 Å². The van der Waals surface area contributed by atoms with Crippen molar-refractivity contribution in [2.75, 3.05) is 19.3 Å². The van der Waals surface area contributed by atoms with Crippen molar-refractivity contribution in [1.29, 1.82) is 0 Å². The van der Waals surface area contributed by atoms with Crippen LogP contribution < -0.4 is 9.46 Å². The molecule has 142 valence electrons. The fraction of sp³-hybridized carbons (Fsp3) is 0.538. The Labute approximate surface area is 143 Å². The lowest BCUT2D eigenvalue weighted by molar-refractivity contribution is -0.275. The van der Waals surface area contributed by atoms with Gasteiger partial charge in [0.05, 0.1) is 6.26 Å². The Hall–Kier alpha value is -1.37. The highest BCUT2D eigenvalue weighted by Gasteiger charge is 2.37. The van der Waals surface area contributed by atoms with Gasteiger partial charge in [0.1, 0.15) is 10.6 Å². The Bertz CT molecular complexity index is 824. The second-order valence-corrected chi connectivity index (χ2v) is 9.27. The van der Waals surface area contributed by atoms with Gasteiger partial charge < -0.3 is 4.74 Å². The summed E-state index contributed by atoms with van der Waals surface area (Å²) in [6, 6.07) is 3.80. The van der Waals surface area contributed by atoms with E-state index < -0.39 is 43.1 Å². The standard InChI is InChI=1S/C13H17F3N2O5S2/c1-24(19,20)17-10-5-4-8-18(9-10)25(21,22)12-7-3-2-6-11(12)23-13(14,15)16/h2-3,6-7,10,17H,4-5,8-9H2,1H3/t10-/m1/s1. The number of piperidine rings is 1. The van der Waals surface area contributed by atoms with Crippen LogP contribution in [0.25, 0.3) is 0 Å². The zero-order valence-corrected chi connectivity index (χ0v) is 14.8. The van der Waals surface area contributed by atoms with E-state index in [9.17, 15) is 30.0 Å². The number of para-hydroxylation sites is 1. The summed E-state index contributed by atoms with van der Waals surface area (Å²) in [6.45, 7) is -0.0968. The van der Waals surface area contributed by atoms with Gasteiger partial charge in [-0.25, -0.2) is 21.6 Å². The van der Waals surface area contributed by atoms with Crippen LogP contribution in [-0.4, -0.2) is 52.9 Å². The summed E-state index contributed by atoms with van der Waals surface area (Å²) in [5, 5.41) is 0. The van der Waals surface area contributed by atoms with Crippen molar-refractivity contribution in [3.63, 3.8) is 0 Å². The van der Waals surface area contributed by atoms with Crippen molar-refractivity contribution < 1.29 is 34.7 Å². The Balaban J connectivity index is 2.30. The second-order valence-electron chi connectivity index (χ2n) is 5.59. The quantitative estimate of drug-likeness (QED) is 0.801. The summed E-state index contributed by atoms with van der Waals surface area (Å²) >= 11 is 0. The van der Waals surface area contributed by atoms with E-state index in [2.05, 4.69) is 9.46 Å². The highest BCUT2D eigenvalue weighted by molar-refractivity contribution is 7.89. The van der Waals surface area contributed by atoms with Gasteiger partial charge >= 0.3 is 6.36 Å². The topological polar surface area (TPSA) is 92.8 Å². The Morgan fingerprint density at radius 1 is 1.20 bits per heavy atom. The van der Waals surface area contributed by atoms with Crippen LogP contribution in [0.4, 0.5) is 13.2 Å². The molecule has 1 aliphatic rings. The van der Waals surface area contributed by atoms with Crippen LogP contribution in [0.15, 0.2) is 29.2 Å². The van der Waals surface area contributed by atoms with Gasteiger partial charge in [0, 0.05) is 19.1 Å². The number of alkyl halides is 3.